The summed E-state index contributed by atoms with van der Waals surface area (Å²) in [5.74, 6) is -0.695. The third-order valence-electron chi connectivity index (χ3n) is 5.21. The number of amides is 1. The lowest BCUT2D eigenvalue weighted by Crippen LogP contribution is -2.34. The molecule has 2 heterocycles. The van der Waals surface area contributed by atoms with Gasteiger partial charge in [-0.05, 0) is 37.3 Å². The molecule has 1 unspecified atom stereocenters. The van der Waals surface area contributed by atoms with Gasteiger partial charge in [-0.3, -0.25) is 19.7 Å². The number of carboxylic acid groups (broad SMARTS) is 1. The van der Waals surface area contributed by atoms with E-state index in [1.807, 2.05) is 0 Å². The maximum atomic E-state index is 12.7. The topological polar surface area (TPSA) is 195 Å². The summed E-state index contributed by atoms with van der Waals surface area (Å²) in [6, 6.07) is 10.2. The number of aromatic amines is 2. The van der Waals surface area contributed by atoms with Crippen molar-refractivity contribution in [3.05, 3.63) is 68.5 Å². The van der Waals surface area contributed by atoms with Crippen molar-refractivity contribution in [1.29, 1.82) is 5.41 Å². The van der Waals surface area contributed by atoms with Crippen LogP contribution < -0.4 is 10.9 Å². The molecule has 12 nitrogen and oxygen atoms in total. The molecular weight excluding hydrogens is 444 g/mol. The number of nitro groups is 1. The van der Waals surface area contributed by atoms with Gasteiger partial charge in [0.25, 0.3) is 5.56 Å². The zero-order valence-corrected chi connectivity index (χ0v) is 17.7. The van der Waals surface area contributed by atoms with E-state index in [0.717, 1.165) is 0 Å². The summed E-state index contributed by atoms with van der Waals surface area (Å²) < 4.78 is 0. The Bertz CT molecular complexity index is 1550. The monoisotopic (exact) mass is 462 g/mol. The zero-order valence-electron chi connectivity index (χ0n) is 17.7. The van der Waals surface area contributed by atoms with E-state index in [1.165, 1.54) is 25.1 Å². The summed E-state index contributed by atoms with van der Waals surface area (Å²) in [5, 5.41) is 31.0. The molecule has 5 N–H and O–H groups in total. The van der Waals surface area contributed by atoms with Crippen LogP contribution in [0.3, 0.4) is 0 Å². The predicted molar refractivity (Wildman–Crippen MR) is 124 cm³/mol. The summed E-state index contributed by atoms with van der Waals surface area (Å²) in [4.78, 5) is 57.2. The number of ketones is 1. The van der Waals surface area contributed by atoms with Crippen molar-refractivity contribution in [3.63, 3.8) is 0 Å². The van der Waals surface area contributed by atoms with Gasteiger partial charge >= 0.3 is 11.8 Å². The average Bonchev–Trinajstić information content (AvgIpc) is 3.16. The van der Waals surface area contributed by atoms with Crippen molar-refractivity contribution in [2.45, 2.75) is 19.4 Å². The molecule has 12 heteroatoms. The summed E-state index contributed by atoms with van der Waals surface area (Å²) in [6.45, 7) is 1.51. The molecule has 4 aromatic rings. The van der Waals surface area contributed by atoms with Gasteiger partial charge in [0.1, 0.15) is 5.69 Å². The van der Waals surface area contributed by atoms with E-state index in [-0.39, 0.29) is 34.5 Å². The molecule has 172 valence electrons. The molecule has 34 heavy (non-hydrogen) atoms. The van der Waals surface area contributed by atoms with Gasteiger partial charge < -0.3 is 25.8 Å². The second kappa shape index (κ2) is 8.58. The van der Waals surface area contributed by atoms with Crippen LogP contribution in [0.5, 0.6) is 0 Å². The number of aromatic nitrogens is 3. The Balaban J connectivity index is 1.78. The number of hydrogen-bond donors (Lipinski definition) is 5. The van der Waals surface area contributed by atoms with E-state index in [0.29, 0.717) is 16.6 Å². The predicted octanol–water partition coefficient (Wildman–Crippen LogP) is 3.23. The molecule has 0 aliphatic carbocycles. The minimum atomic E-state index is -1.28. The molecular formula is C22H18N6O6. The fourth-order valence-corrected chi connectivity index (χ4v) is 3.71. The SMILES string of the molecule is CC(CC(=N)C(=O)c1ccc2[nH]c(-c3nc4ccccc4[nH]c3=O)c([N+](=O)[O-])c2c1)NC(=O)O. The Kier molecular flexibility index (Phi) is 5.63. The Hall–Kier alpha value is -4.87. The number of Topliss-reactive ketones (excluding diaryl/α,β-unsaturated/α-hetero) is 1. The second-order valence-electron chi connectivity index (χ2n) is 7.66. The van der Waals surface area contributed by atoms with Crippen molar-refractivity contribution < 1.29 is 19.6 Å². The number of nitrogens with one attached hydrogen (secondary N) is 4. The van der Waals surface area contributed by atoms with E-state index in [2.05, 4.69) is 20.3 Å². The fraction of sp³-hybridized carbons (Fsp3) is 0.136. The minimum absolute atomic E-state index is 0.0223. The van der Waals surface area contributed by atoms with Crippen molar-refractivity contribution in [2.24, 2.45) is 0 Å². The van der Waals surface area contributed by atoms with Crippen LogP contribution >= 0.6 is 0 Å². The summed E-state index contributed by atoms with van der Waals surface area (Å²) >= 11 is 0. The van der Waals surface area contributed by atoms with Crippen LogP contribution in [0.1, 0.15) is 23.7 Å². The minimum Gasteiger partial charge on any atom is -0.465 e. The van der Waals surface area contributed by atoms with Gasteiger partial charge in [0.05, 0.1) is 32.6 Å². The van der Waals surface area contributed by atoms with Gasteiger partial charge in [0.15, 0.2) is 5.69 Å². The molecule has 4 rings (SSSR count). The molecule has 2 aromatic heterocycles. The number of carbonyl (C=O) groups excluding carboxylic acids is 1. The fourth-order valence-electron chi connectivity index (χ4n) is 3.71. The molecule has 0 aliphatic rings. The summed E-state index contributed by atoms with van der Waals surface area (Å²) in [5.41, 5.74) is -0.425. The summed E-state index contributed by atoms with van der Waals surface area (Å²) in [7, 11) is 0. The zero-order chi connectivity index (χ0) is 24.6. The Labute approximate surface area is 190 Å². The van der Waals surface area contributed by atoms with Gasteiger partial charge in [0.2, 0.25) is 5.78 Å². The first-order valence-corrected chi connectivity index (χ1v) is 10.1. The van der Waals surface area contributed by atoms with Gasteiger partial charge in [-0.1, -0.05) is 12.1 Å². The lowest BCUT2D eigenvalue weighted by molar-refractivity contribution is -0.382. The lowest BCUT2D eigenvalue weighted by Gasteiger charge is -2.11. The van der Waals surface area contributed by atoms with Crippen molar-refractivity contribution in [1.82, 2.24) is 20.3 Å². The first-order valence-electron chi connectivity index (χ1n) is 10.1. The molecule has 0 saturated carbocycles. The van der Waals surface area contributed by atoms with Gasteiger partial charge in [-0.2, -0.15) is 0 Å². The number of para-hydroxylation sites is 2. The van der Waals surface area contributed by atoms with Crippen molar-refractivity contribution in [2.75, 3.05) is 0 Å². The third-order valence-corrected chi connectivity index (χ3v) is 5.21. The highest BCUT2D eigenvalue weighted by Crippen LogP contribution is 2.35. The highest BCUT2D eigenvalue weighted by molar-refractivity contribution is 6.45. The number of rotatable bonds is 7. The van der Waals surface area contributed by atoms with E-state index in [1.54, 1.807) is 24.3 Å². The first-order chi connectivity index (χ1) is 16.2. The quantitative estimate of drug-likeness (QED) is 0.120. The molecule has 0 aliphatic heterocycles. The van der Waals surface area contributed by atoms with Crippen LogP contribution in [-0.2, 0) is 0 Å². The number of hydrogen-bond acceptors (Lipinski definition) is 7. The molecule has 0 bridgehead atoms. The summed E-state index contributed by atoms with van der Waals surface area (Å²) in [6.07, 6.45) is -1.43. The Morgan fingerprint density at radius 1 is 1.21 bits per heavy atom. The van der Waals surface area contributed by atoms with E-state index < -0.39 is 34.1 Å². The van der Waals surface area contributed by atoms with Crippen LogP contribution in [0, 0.1) is 15.5 Å². The van der Waals surface area contributed by atoms with Crippen LogP contribution in [-0.4, -0.2) is 48.6 Å². The molecule has 0 spiro atoms. The molecule has 1 amide bonds. The van der Waals surface area contributed by atoms with Gasteiger partial charge in [-0.25, -0.2) is 9.78 Å². The maximum Gasteiger partial charge on any atom is 0.404 e. The standard InChI is InChI=1S/C22H18N6O6/c1-10(24-22(31)32)8-13(23)20(29)11-6-7-14-12(9-11)19(28(33)34)17(25-14)18-21(30)27-16-5-3-2-4-15(16)26-18/h2-7,9-10,23-25H,8H2,1H3,(H,27,30)(H,31,32). The van der Waals surface area contributed by atoms with E-state index in [9.17, 15) is 24.5 Å². The lowest BCUT2D eigenvalue weighted by atomic mass is 10.0. The normalized spacial score (nSPS) is 11.9. The highest BCUT2D eigenvalue weighted by atomic mass is 16.6. The Morgan fingerprint density at radius 3 is 2.65 bits per heavy atom. The van der Waals surface area contributed by atoms with Crippen LogP contribution in [0.4, 0.5) is 10.5 Å². The number of H-pyrrole nitrogens is 2. The van der Waals surface area contributed by atoms with Crippen molar-refractivity contribution >= 4 is 45.2 Å². The molecule has 0 radical (unpaired) electrons. The number of carbonyl (C=O) groups is 2. The molecule has 2 aromatic carbocycles. The maximum absolute atomic E-state index is 12.7. The van der Waals surface area contributed by atoms with Crippen LogP contribution in [0.25, 0.3) is 33.3 Å². The number of fused-ring (bicyclic) bond motifs is 2. The first kappa shape index (κ1) is 22.3. The van der Waals surface area contributed by atoms with Crippen LogP contribution in [0.15, 0.2) is 47.3 Å². The smallest absolute Gasteiger partial charge is 0.404 e. The number of benzene rings is 2. The van der Waals surface area contributed by atoms with Crippen molar-refractivity contribution in [3.8, 4) is 11.4 Å². The van der Waals surface area contributed by atoms with E-state index >= 15 is 0 Å². The van der Waals surface area contributed by atoms with Gasteiger partial charge in [0, 0.05) is 18.0 Å². The average molecular weight is 462 g/mol. The Morgan fingerprint density at radius 2 is 1.94 bits per heavy atom. The number of nitrogens with zero attached hydrogens (tertiary/aromatic N) is 2. The molecule has 1 atom stereocenters. The van der Waals surface area contributed by atoms with Gasteiger partial charge in [-0.15, -0.1) is 0 Å². The highest BCUT2D eigenvalue weighted by Gasteiger charge is 2.27. The third kappa shape index (κ3) is 4.11. The largest absolute Gasteiger partial charge is 0.465 e. The second-order valence-corrected chi connectivity index (χ2v) is 7.66. The molecule has 0 saturated heterocycles. The molecule has 0 fully saturated rings. The van der Waals surface area contributed by atoms with Crippen LogP contribution in [0.2, 0.25) is 0 Å². The van der Waals surface area contributed by atoms with E-state index in [4.69, 9.17) is 10.5 Å².